The van der Waals surface area contributed by atoms with Crippen LogP contribution in [0, 0.1) is 5.92 Å². The summed E-state index contributed by atoms with van der Waals surface area (Å²) in [5, 5.41) is 9.03. The third-order valence-electron chi connectivity index (χ3n) is 3.24. The number of nitrogens with zero attached hydrogens (tertiary/aromatic N) is 3. The van der Waals surface area contributed by atoms with Gasteiger partial charge in [0.05, 0.1) is 24.7 Å². The Hall–Kier alpha value is -1.16. The molecule has 1 aliphatic rings. The maximum Gasteiger partial charge on any atom is 0.147 e. The summed E-state index contributed by atoms with van der Waals surface area (Å²) in [6, 6.07) is 0. The minimum absolute atomic E-state index is 0.0399. The highest BCUT2D eigenvalue weighted by molar-refractivity contribution is 5.36. The SMILES string of the molecule is CCN(CC1CCC1)c1cncc(CO)n1. The molecule has 0 spiro atoms. The van der Waals surface area contributed by atoms with Gasteiger partial charge in [-0.05, 0) is 25.7 Å². The highest BCUT2D eigenvalue weighted by Gasteiger charge is 2.20. The largest absolute Gasteiger partial charge is 0.390 e. The van der Waals surface area contributed by atoms with Gasteiger partial charge in [-0.25, -0.2) is 4.98 Å². The Morgan fingerprint density at radius 1 is 1.44 bits per heavy atom. The average Bonchev–Trinajstić information content (AvgIpc) is 2.28. The van der Waals surface area contributed by atoms with Crippen LogP contribution in [-0.2, 0) is 6.61 Å². The van der Waals surface area contributed by atoms with Crippen LogP contribution < -0.4 is 4.90 Å². The van der Waals surface area contributed by atoms with Gasteiger partial charge in [-0.1, -0.05) is 6.42 Å². The molecule has 0 amide bonds. The second-order valence-corrected chi connectivity index (χ2v) is 4.36. The van der Waals surface area contributed by atoms with Crippen molar-refractivity contribution < 1.29 is 5.11 Å². The molecule has 0 saturated heterocycles. The van der Waals surface area contributed by atoms with Crippen LogP contribution in [0.3, 0.4) is 0 Å². The van der Waals surface area contributed by atoms with Crippen molar-refractivity contribution in [3.8, 4) is 0 Å². The molecule has 1 N–H and O–H groups in total. The second kappa shape index (κ2) is 5.25. The van der Waals surface area contributed by atoms with E-state index in [2.05, 4.69) is 21.8 Å². The van der Waals surface area contributed by atoms with E-state index >= 15 is 0 Å². The number of hydrogen-bond acceptors (Lipinski definition) is 4. The van der Waals surface area contributed by atoms with Crippen LogP contribution in [0.4, 0.5) is 5.82 Å². The minimum Gasteiger partial charge on any atom is -0.390 e. The van der Waals surface area contributed by atoms with Gasteiger partial charge in [0.2, 0.25) is 0 Å². The molecule has 1 aliphatic carbocycles. The Bertz CT molecular complexity index is 339. The monoisotopic (exact) mass is 221 g/mol. The molecule has 1 aromatic heterocycles. The summed E-state index contributed by atoms with van der Waals surface area (Å²) in [6.45, 7) is 4.11. The first-order valence-electron chi connectivity index (χ1n) is 6.00. The van der Waals surface area contributed by atoms with Gasteiger partial charge in [-0.2, -0.15) is 0 Å². The highest BCUT2D eigenvalue weighted by Crippen LogP contribution is 2.28. The Morgan fingerprint density at radius 2 is 2.25 bits per heavy atom. The van der Waals surface area contributed by atoms with E-state index in [1.165, 1.54) is 19.3 Å². The molecule has 0 radical (unpaired) electrons. The van der Waals surface area contributed by atoms with Crippen LogP contribution in [0.15, 0.2) is 12.4 Å². The number of anilines is 1. The van der Waals surface area contributed by atoms with Crippen LogP contribution in [0.1, 0.15) is 31.9 Å². The number of hydrogen-bond donors (Lipinski definition) is 1. The van der Waals surface area contributed by atoms with Gasteiger partial charge < -0.3 is 10.0 Å². The summed E-state index contributed by atoms with van der Waals surface area (Å²) in [4.78, 5) is 10.7. The average molecular weight is 221 g/mol. The molecule has 88 valence electrons. The fourth-order valence-electron chi connectivity index (χ4n) is 2.00. The van der Waals surface area contributed by atoms with Crippen LogP contribution in [0.2, 0.25) is 0 Å². The lowest BCUT2D eigenvalue weighted by Gasteiger charge is -2.32. The maximum atomic E-state index is 9.03. The normalized spacial score (nSPS) is 15.9. The summed E-state index contributed by atoms with van der Waals surface area (Å²) < 4.78 is 0. The molecule has 16 heavy (non-hydrogen) atoms. The van der Waals surface area contributed by atoms with Crippen LogP contribution in [-0.4, -0.2) is 28.2 Å². The third kappa shape index (κ3) is 2.50. The summed E-state index contributed by atoms with van der Waals surface area (Å²) in [7, 11) is 0. The molecule has 0 atom stereocenters. The lowest BCUT2D eigenvalue weighted by molar-refractivity contribution is 0.276. The van der Waals surface area contributed by atoms with Gasteiger partial charge >= 0.3 is 0 Å². The van der Waals surface area contributed by atoms with Crippen molar-refractivity contribution in [2.45, 2.75) is 32.8 Å². The van der Waals surface area contributed by atoms with Crippen LogP contribution in [0.25, 0.3) is 0 Å². The van der Waals surface area contributed by atoms with Gasteiger partial charge in [0.1, 0.15) is 5.82 Å². The molecule has 0 aliphatic heterocycles. The maximum absolute atomic E-state index is 9.03. The van der Waals surface area contributed by atoms with Gasteiger partial charge in [-0.3, -0.25) is 4.98 Å². The Morgan fingerprint density at radius 3 is 2.81 bits per heavy atom. The van der Waals surface area contributed by atoms with E-state index < -0.39 is 0 Å². The third-order valence-corrected chi connectivity index (χ3v) is 3.24. The minimum atomic E-state index is -0.0399. The number of aliphatic hydroxyl groups is 1. The predicted octanol–water partition coefficient (Wildman–Crippen LogP) is 1.60. The van der Waals surface area contributed by atoms with Crippen molar-refractivity contribution in [3.63, 3.8) is 0 Å². The van der Waals surface area contributed by atoms with Gasteiger partial charge in [0.15, 0.2) is 0 Å². The molecule has 0 bridgehead atoms. The van der Waals surface area contributed by atoms with E-state index in [1.807, 2.05) is 0 Å². The fourth-order valence-corrected chi connectivity index (χ4v) is 2.00. The smallest absolute Gasteiger partial charge is 0.147 e. The van der Waals surface area contributed by atoms with Crippen molar-refractivity contribution in [2.75, 3.05) is 18.0 Å². The standard InChI is InChI=1S/C12H19N3O/c1-2-15(8-10-4-3-5-10)12-7-13-6-11(9-16)14-12/h6-7,10,16H,2-5,8-9H2,1H3. The first-order valence-corrected chi connectivity index (χ1v) is 6.00. The molecule has 4 nitrogen and oxygen atoms in total. The van der Waals surface area contributed by atoms with Gasteiger partial charge in [0, 0.05) is 13.1 Å². The highest BCUT2D eigenvalue weighted by atomic mass is 16.3. The zero-order chi connectivity index (χ0) is 11.4. The number of rotatable bonds is 5. The van der Waals surface area contributed by atoms with Gasteiger partial charge in [-0.15, -0.1) is 0 Å². The molecule has 1 saturated carbocycles. The second-order valence-electron chi connectivity index (χ2n) is 4.36. The molecule has 4 heteroatoms. The number of aliphatic hydroxyl groups excluding tert-OH is 1. The Kier molecular flexibility index (Phi) is 3.72. The molecule has 0 unspecified atom stereocenters. The summed E-state index contributed by atoms with van der Waals surface area (Å²) in [5.41, 5.74) is 0.643. The van der Waals surface area contributed by atoms with E-state index in [0.717, 1.165) is 24.8 Å². The van der Waals surface area contributed by atoms with E-state index in [4.69, 9.17) is 5.11 Å². The molecule has 1 fully saturated rings. The molecule has 2 rings (SSSR count). The first-order chi connectivity index (χ1) is 7.83. The Labute approximate surface area is 96.3 Å². The lowest BCUT2D eigenvalue weighted by Crippen LogP contribution is -2.33. The van der Waals surface area contributed by atoms with Crippen molar-refractivity contribution in [1.82, 2.24) is 9.97 Å². The van der Waals surface area contributed by atoms with Crippen molar-refractivity contribution in [3.05, 3.63) is 18.1 Å². The molecular weight excluding hydrogens is 202 g/mol. The van der Waals surface area contributed by atoms with Crippen molar-refractivity contribution in [1.29, 1.82) is 0 Å². The van der Waals surface area contributed by atoms with E-state index in [1.54, 1.807) is 12.4 Å². The Balaban J connectivity index is 2.05. The molecule has 0 aromatic carbocycles. The van der Waals surface area contributed by atoms with Crippen molar-refractivity contribution >= 4 is 5.82 Å². The quantitative estimate of drug-likeness (QED) is 0.820. The van der Waals surface area contributed by atoms with Crippen LogP contribution >= 0.6 is 0 Å². The number of aromatic nitrogens is 2. The van der Waals surface area contributed by atoms with Gasteiger partial charge in [0.25, 0.3) is 0 Å². The summed E-state index contributed by atoms with van der Waals surface area (Å²) >= 11 is 0. The first kappa shape index (κ1) is 11.3. The topological polar surface area (TPSA) is 49.2 Å². The van der Waals surface area contributed by atoms with E-state index in [0.29, 0.717) is 5.69 Å². The summed E-state index contributed by atoms with van der Waals surface area (Å²) in [6.07, 6.45) is 7.43. The summed E-state index contributed by atoms with van der Waals surface area (Å²) in [5.74, 6) is 1.71. The molecular formula is C12H19N3O. The van der Waals surface area contributed by atoms with E-state index in [9.17, 15) is 0 Å². The zero-order valence-electron chi connectivity index (χ0n) is 9.76. The molecule has 1 aromatic rings. The zero-order valence-corrected chi connectivity index (χ0v) is 9.76. The van der Waals surface area contributed by atoms with E-state index in [-0.39, 0.29) is 6.61 Å². The predicted molar refractivity (Wildman–Crippen MR) is 63.2 cm³/mol. The van der Waals surface area contributed by atoms with Crippen molar-refractivity contribution in [2.24, 2.45) is 5.92 Å². The van der Waals surface area contributed by atoms with Crippen LogP contribution in [0.5, 0.6) is 0 Å². The fraction of sp³-hybridized carbons (Fsp3) is 0.667. The lowest BCUT2D eigenvalue weighted by atomic mass is 9.85. The molecule has 1 heterocycles.